The number of ether oxygens (including phenoxy) is 1. The van der Waals surface area contributed by atoms with E-state index in [1.54, 1.807) is 11.8 Å². The smallest absolute Gasteiger partial charge is 0.244 e. The highest BCUT2D eigenvalue weighted by molar-refractivity contribution is 5.77. The van der Waals surface area contributed by atoms with Gasteiger partial charge in [-0.05, 0) is 17.5 Å². The van der Waals surface area contributed by atoms with Gasteiger partial charge in [-0.3, -0.25) is 4.79 Å². The molecule has 190 valence electrons. The van der Waals surface area contributed by atoms with Crippen LogP contribution in [0.2, 0.25) is 0 Å². The molecule has 0 radical (unpaired) electrons. The van der Waals surface area contributed by atoms with Crippen LogP contribution in [0.15, 0.2) is 67.0 Å². The largest absolute Gasteiger partial charge is 0.481 e. The summed E-state index contributed by atoms with van der Waals surface area (Å²) in [7, 11) is 1.59. The van der Waals surface area contributed by atoms with Gasteiger partial charge in [0.1, 0.15) is 18.7 Å². The van der Waals surface area contributed by atoms with Crippen LogP contribution in [-0.2, 0) is 11.3 Å². The Morgan fingerprint density at radius 1 is 0.946 bits per heavy atom. The number of nitrogens with zero attached hydrogens (tertiary/aromatic N) is 7. The van der Waals surface area contributed by atoms with Crippen LogP contribution in [0.3, 0.4) is 0 Å². The molecule has 9 heteroatoms. The molecule has 5 rings (SSSR count). The Balaban J connectivity index is 1.35. The maximum absolute atomic E-state index is 13.4. The Morgan fingerprint density at radius 3 is 2.43 bits per heavy atom. The number of carbonyl (C=O) groups excluding carboxylic acids is 1. The average molecular weight is 498 g/mol. The Hall–Kier alpha value is -4.27. The van der Waals surface area contributed by atoms with Gasteiger partial charge in [-0.15, -0.1) is 5.10 Å². The third-order valence-corrected chi connectivity index (χ3v) is 6.59. The van der Waals surface area contributed by atoms with Gasteiger partial charge in [-0.2, -0.15) is 0 Å². The monoisotopic (exact) mass is 497 g/mol. The first kappa shape index (κ1) is 24.4. The van der Waals surface area contributed by atoms with Crippen molar-refractivity contribution in [2.75, 3.05) is 38.2 Å². The maximum atomic E-state index is 13.4. The minimum absolute atomic E-state index is 0.0180. The van der Waals surface area contributed by atoms with E-state index in [9.17, 15) is 4.79 Å². The molecular formula is C28H31N7O2. The number of methoxy groups -OCH3 is 1. The number of carbonyl (C=O) groups is 1. The highest BCUT2D eigenvalue weighted by Gasteiger charge is 2.24. The third kappa shape index (κ3) is 5.45. The van der Waals surface area contributed by atoms with Gasteiger partial charge in [-0.1, -0.05) is 62.4 Å². The molecule has 0 atom stereocenters. The molecule has 3 heterocycles. The summed E-state index contributed by atoms with van der Waals surface area (Å²) in [6, 6.07) is 20.0. The van der Waals surface area contributed by atoms with Crippen molar-refractivity contribution in [2.24, 2.45) is 0 Å². The van der Waals surface area contributed by atoms with Gasteiger partial charge in [0, 0.05) is 43.4 Å². The molecule has 1 fully saturated rings. The van der Waals surface area contributed by atoms with E-state index in [1.165, 1.54) is 11.9 Å². The molecule has 0 unspecified atom stereocenters. The van der Waals surface area contributed by atoms with Crippen molar-refractivity contribution in [1.29, 1.82) is 0 Å². The first-order valence-corrected chi connectivity index (χ1v) is 12.5. The van der Waals surface area contributed by atoms with Crippen molar-refractivity contribution >= 4 is 11.7 Å². The van der Waals surface area contributed by atoms with Crippen molar-refractivity contribution in [2.45, 2.75) is 26.3 Å². The summed E-state index contributed by atoms with van der Waals surface area (Å²) in [6.45, 7) is 7.03. The van der Waals surface area contributed by atoms with E-state index in [2.05, 4.69) is 40.8 Å². The standard InChI is InChI=1S/C28H31N7O2/c1-20(2)22-10-7-11-23(16-22)27-31-28(21-8-5-4-6-9-21)35(32-27)18-26(36)34-14-12-33(13-15-34)24-17-25(37-3)30-19-29-24/h4-11,16-17,19-20H,12-15,18H2,1-3H3. The third-order valence-electron chi connectivity index (χ3n) is 6.59. The van der Waals surface area contributed by atoms with Crippen molar-refractivity contribution in [3.63, 3.8) is 0 Å². The molecule has 2 aromatic carbocycles. The van der Waals surface area contributed by atoms with E-state index in [0.717, 1.165) is 16.9 Å². The van der Waals surface area contributed by atoms with Crippen LogP contribution in [0.5, 0.6) is 5.88 Å². The molecule has 0 saturated carbocycles. The van der Waals surface area contributed by atoms with Crippen molar-refractivity contribution in [3.05, 3.63) is 72.6 Å². The number of benzene rings is 2. The predicted molar refractivity (Wildman–Crippen MR) is 142 cm³/mol. The Bertz CT molecular complexity index is 1360. The minimum Gasteiger partial charge on any atom is -0.481 e. The molecule has 0 spiro atoms. The number of aromatic nitrogens is 5. The lowest BCUT2D eigenvalue weighted by Crippen LogP contribution is -2.50. The van der Waals surface area contributed by atoms with Crippen LogP contribution >= 0.6 is 0 Å². The van der Waals surface area contributed by atoms with Crippen LogP contribution in [0.4, 0.5) is 5.82 Å². The quantitative estimate of drug-likeness (QED) is 0.383. The van der Waals surface area contributed by atoms with Gasteiger partial charge in [0.05, 0.1) is 7.11 Å². The normalized spacial score (nSPS) is 13.7. The Morgan fingerprint density at radius 2 is 1.70 bits per heavy atom. The molecule has 1 amide bonds. The molecule has 37 heavy (non-hydrogen) atoms. The zero-order chi connectivity index (χ0) is 25.8. The summed E-state index contributed by atoms with van der Waals surface area (Å²) in [6.07, 6.45) is 1.50. The highest BCUT2D eigenvalue weighted by atomic mass is 16.5. The summed E-state index contributed by atoms with van der Waals surface area (Å²) < 4.78 is 6.95. The van der Waals surface area contributed by atoms with Gasteiger partial charge in [-0.25, -0.2) is 19.6 Å². The molecule has 4 aromatic rings. The summed E-state index contributed by atoms with van der Waals surface area (Å²) >= 11 is 0. The van der Waals surface area contributed by atoms with Crippen LogP contribution < -0.4 is 9.64 Å². The first-order valence-electron chi connectivity index (χ1n) is 12.5. The second-order valence-electron chi connectivity index (χ2n) is 9.35. The summed E-state index contributed by atoms with van der Waals surface area (Å²) in [4.78, 5) is 30.7. The van der Waals surface area contributed by atoms with Gasteiger partial charge in [0.15, 0.2) is 11.6 Å². The number of rotatable bonds is 7. The number of hydrogen-bond donors (Lipinski definition) is 0. The minimum atomic E-state index is 0.0180. The second kappa shape index (κ2) is 10.8. The molecule has 1 aliphatic heterocycles. The Kier molecular flexibility index (Phi) is 7.11. The van der Waals surface area contributed by atoms with Crippen molar-refractivity contribution in [1.82, 2.24) is 29.6 Å². The van der Waals surface area contributed by atoms with E-state index in [-0.39, 0.29) is 12.5 Å². The van der Waals surface area contributed by atoms with Crippen LogP contribution in [0.1, 0.15) is 25.3 Å². The van der Waals surface area contributed by atoms with E-state index in [4.69, 9.17) is 14.8 Å². The lowest BCUT2D eigenvalue weighted by Gasteiger charge is -2.35. The molecule has 0 N–H and O–H groups in total. The number of piperazine rings is 1. The number of hydrogen-bond acceptors (Lipinski definition) is 7. The number of anilines is 1. The SMILES string of the molecule is COc1cc(N2CCN(C(=O)Cn3nc(-c4cccc(C(C)C)c4)nc3-c3ccccc3)CC2)ncn1. The van der Waals surface area contributed by atoms with Crippen LogP contribution in [-0.4, -0.2) is 68.8 Å². The summed E-state index contributed by atoms with van der Waals surface area (Å²) in [5.74, 6) is 3.05. The molecule has 1 saturated heterocycles. The fourth-order valence-electron chi connectivity index (χ4n) is 4.44. The fraction of sp³-hybridized carbons (Fsp3) is 0.321. The van der Waals surface area contributed by atoms with Crippen molar-refractivity contribution in [3.8, 4) is 28.7 Å². The second-order valence-corrected chi connectivity index (χ2v) is 9.35. The van der Waals surface area contributed by atoms with E-state index in [0.29, 0.717) is 49.6 Å². The fourth-order valence-corrected chi connectivity index (χ4v) is 4.44. The van der Waals surface area contributed by atoms with Crippen molar-refractivity contribution < 1.29 is 9.53 Å². The topological polar surface area (TPSA) is 89.3 Å². The lowest BCUT2D eigenvalue weighted by molar-refractivity contribution is -0.132. The number of amides is 1. The van der Waals surface area contributed by atoms with Gasteiger partial charge in [0.2, 0.25) is 11.8 Å². The molecule has 2 aromatic heterocycles. The van der Waals surface area contributed by atoms with E-state index in [1.807, 2.05) is 53.4 Å². The first-order chi connectivity index (χ1) is 18.0. The van der Waals surface area contributed by atoms with Gasteiger partial charge in [0.25, 0.3) is 0 Å². The molecule has 0 bridgehead atoms. The molecule has 9 nitrogen and oxygen atoms in total. The zero-order valence-corrected chi connectivity index (χ0v) is 21.4. The zero-order valence-electron chi connectivity index (χ0n) is 21.4. The molecule has 0 aliphatic carbocycles. The van der Waals surface area contributed by atoms with E-state index >= 15 is 0 Å². The van der Waals surface area contributed by atoms with Gasteiger partial charge >= 0.3 is 0 Å². The summed E-state index contributed by atoms with van der Waals surface area (Å²) in [5, 5.41) is 4.79. The van der Waals surface area contributed by atoms with Crippen LogP contribution in [0, 0.1) is 0 Å². The average Bonchev–Trinajstić information content (AvgIpc) is 3.37. The highest BCUT2D eigenvalue weighted by Crippen LogP contribution is 2.25. The maximum Gasteiger partial charge on any atom is 0.244 e. The van der Waals surface area contributed by atoms with Gasteiger partial charge < -0.3 is 14.5 Å². The predicted octanol–water partition coefficient (Wildman–Crippen LogP) is 3.88. The van der Waals surface area contributed by atoms with E-state index < -0.39 is 0 Å². The molecule has 1 aliphatic rings. The molecular weight excluding hydrogens is 466 g/mol. The lowest BCUT2D eigenvalue weighted by atomic mass is 10.0. The van der Waals surface area contributed by atoms with Crippen LogP contribution in [0.25, 0.3) is 22.8 Å². The Labute approximate surface area is 216 Å². The summed E-state index contributed by atoms with van der Waals surface area (Å²) in [5.41, 5.74) is 3.10.